The molecule has 1 unspecified atom stereocenters. The highest BCUT2D eigenvalue weighted by Crippen LogP contribution is 2.38. The SMILES string of the molecule is Cn1c(C(=O)N(O)C2(c3ccc(C(=O)O)cc3)CCOC2)cc2c(Cl)c(Cl)ccc21. The molecule has 3 aromatic rings. The molecule has 1 fully saturated rings. The van der Waals surface area contributed by atoms with Crippen LogP contribution in [0.5, 0.6) is 0 Å². The normalized spacial score (nSPS) is 18.7. The summed E-state index contributed by atoms with van der Waals surface area (Å²) in [5, 5.41) is 22.2. The highest BCUT2D eigenvalue weighted by atomic mass is 35.5. The van der Waals surface area contributed by atoms with Gasteiger partial charge in [-0.15, -0.1) is 0 Å². The zero-order valence-electron chi connectivity index (χ0n) is 15.9. The van der Waals surface area contributed by atoms with Gasteiger partial charge in [0.15, 0.2) is 0 Å². The number of aromatic nitrogens is 1. The van der Waals surface area contributed by atoms with E-state index < -0.39 is 17.4 Å². The lowest BCUT2D eigenvalue weighted by Crippen LogP contribution is -2.48. The summed E-state index contributed by atoms with van der Waals surface area (Å²) in [5.41, 5.74) is 0.491. The van der Waals surface area contributed by atoms with Crippen LogP contribution in [0, 0.1) is 0 Å². The van der Waals surface area contributed by atoms with Crippen molar-refractivity contribution in [2.24, 2.45) is 7.05 Å². The lowest BCUT2D eigenvalue weighted by atomic mass is 9.87. The minimum atomic E-state index is -1.13. The zero-order valence-corrected chi connectivity index (χ0v) is 17.4. The van der Waals surface area contributed by atoms with Crippen molar-refractivity contribution in [1.82, 2.24) is 9.63 Å². The van der Waals surface area contributed by atoms with Crippen LogP contribution in [0.25, 0.3) is 10.9 Å². The molecular weight excluding hydrogens is 431 g/mol. The summed E-state index contributed by atoms with van der Waals surface area (Å²) >= 11 is 12.4. The standard InChI is InChI=1S/C21H18Cl2N2O5/c1-24-16-7-6-15(22)18(23)14(16)10-17(24)19(26)25(29)21(8-9-30-11-21)13-4-2-12(3-5-13)20(27)28/h2-7,10,29H,8-9,11H2,1H3,(H,27,28). The maximum Gasteiger partial charge on any atom is 0.335 e. The van der Waals surface area contributed by atoms with E-state index in [1.807, 2.05) is 0 Å². The summed E-state index contributed by atoms with van der Waals surface area (Å²) in [5.74, 6) is -1.69. The predicted molar refractivity (Wildman–Crippen MR) is 111 cm³/mol. The van der Waals surface area contributed by atoms with Gasteiger partial charge in [-0.05, 0) is 35.9 Å². The molecule has 1 amide bonds. The van der Waals surface area contributed by atoms with Crippen LogP contribution in [0.15, 0.2) is 42.5 Å². The molecule has 1 saturated heterocycles. The maximum absolute atomic E-state index is 13.3. The van der Waals surface area contributed by atoms with Crippen LogP contribution in [0.4, 0.5) is 0 Å². The minimum Gasteiger partial charge on any atom is -0.478 e. The van der Waals surface area contributed by atoms with Crippen molar-refractivity contribution in [1.29, 1.82) is 0 Å². The van der Waals surface area contributed by atoms with Crippen LogP contribution in [0.1, 0.15) is 32.8 Å². The Morgan fingerprint density at radius 3 is 2.47 bits per heavy atom. The zero-order chi connectivity index (χ0) is 21.6. The first kappa shape index (κ1) is 20.7. The first-order chi connectivity index (χ1) is 14.3. The second-order valence-electron chi connectivity index (χ2n) is 7.22. The number of halogens is 2. The van der Waals surface area contributed by atoms with E-state index in [-0.39, 0.29) is 17.9 Å². The number of benzene rings is 2. The lowest BCUT2D eigenvalue weighted by Gasteiger charge is -2.35. The van der Waals surface area contributed by atoms with Crippen LogP contribution in [0.2, 0.25) is 10.0 Å². The van der Waals surface area contributed by atoms with Gasteiger partial charge in [-0.2, -0.15) is 0 Å². The van der Waals surface area contributed by atoms with Gasteiger partial charge in [0.1, 0.15) is 11.2 Å². The number of ether oxygens (including phenoxy) is 1. The van der Waals surface area contributed by atoms with Crippen molar-refractivity contribution < 1.29 is 24.6 Å². The summed E-state index contributed by atoms with van der Waals surface area (Å²) in [6.07, 6.45) is 0.359. The first-order valence-electron chi connectivity index (χ1n) is 9.15. The van der Waals surface area contributed by atoms with Gasteiger partial charge in [0.05, 0.1) is 22.2 Å². The third kappa shape index (κ3) is 3.15. The Hall–Kier alpha value is -2.58. The molecule has 0 saturated carbocycles. The number of carboxylic acids is 1. The van der Waals surface area contributed by atoms with E-state index in [0.29, 0.717) is 44.6 Å². The summed E-state index contributed by atoms with van der Waals surface area (Å²) in [4.78, 5) is 24.5. The number of amides is 1. The molecule has 2 aromatic carbocycles. The van der Waals surface area contributed by atoms with E-state index in [9.17, 15) is 14.8 Å². The van der Waals surface area contributed by atoms with Crippen LogP contribution in [0.3, 0.4) is 0 Å². The average molecular weight is 449 g/mol. The summed E-state index contributed by atoms with van der Waals surface area (Å²) < 4.78 is 7.15. The van der Waals surface area contributed by atoms with Gasteiger partial charge in [0, 0.05) is 31.0 Å². The lowest BCUT2D eigenvalue weighted by molar-refractivity contribution is -0.138. The Balaban J connectivity index is 1.76. The number of hydroxylamine groups is 2. The average Bonchev–Trinajstić information content (AvgIpc) is 3.36. The van der Waals surface area contributed by atoms with E-state index in [0.717, 1.165) is 0 Å². The molecule has 156 valence electrons. The molecular formula is C21H18Cl2N2O5. The third-order valence-electron chi connectivity index (χ3n) is 5.60. The summed E-state index contributed by atoms with van der Waals surface area (Å²) in [6.45, 7) is 0.430. The molecule has 0 aliphatic carbocycles. The number of carbonyl (C=O) groups excluding carboxylic acids is 1. The summed E-state index contributed by atoms with van der Waals surface area (Å²) in [7, 11) is 1.70. The third-order valence-corrected chi connectivity index (χ3v) is 6.42. The molecule has 1 aliphatic rings. The van der Waals surface area contributed by atoms with E-state index in [4.69, 9.17) is 33.0 Å². The van der Waals surface area contributed by atoms with Gasteiger partial charge in [-0.1, -0.05) is 35.3 Å². The molecule has 0 bridgehead atoms. The van der Waals surface area contributed by atoms with Crippen molar-refractivity contribution in [2.45, 2.75) is 12.0 Å². The highest BCUT2D eigenvalue weighted by molar-refractivity contribution is 6.45. The van der Waals surface area contributed by atoms with Crippen molar-refractivity contribution >= 4 is 46.0 Å². The maximum atomic E-state index is 13.3. The Kier molecular flexibility index (Phi) is 5.23. The fourth-order valence-electron chi connectivity index (χ4n) is 3.85. The first-order valence-corrected chi connectivity index (χ1v) is 9.90. The van der Waals surface area contributed by atoms with Crippen LogP contribution in [-0.4, -0.2) is 45.0 Å². The number of rotatable bonds is 4. The van der Waals surface area contributed by atoms with E-state index >= 15 is 0 Å². The number of nitrogens with zero attached hydrogens (tertiary/aromatic N) is 2. The Morgan fingerprint density at radius 1 is 1.17 bits per heavy atom. The van der Waals surface area contributed by atoms with E-state index in [2.05, 4.69) is 0 Å². The van der Waals surface area contributed by atoms with Gasteiger partial charge >= 0.3 is 5.97 Å². The Morgan fingerprint density at radius 2 is 1.87 bits per heavy atom. The Bertz CT molecular complexity index is 1150. The summed E-state index contributed by atoms with van der Waals surface area (Å²) in [6, 6.07) is 11.0. The van der Waals surface area contributed by atoms with Crippen molar-refractivity contribution in [2.75, 3.05) is 13.2 Å². The van der Waals surface area contributed by atoms with Crippen LogP contribution < -0.4 is 0 Å². The van der Waals surface area contributed by atoms with Crippen LogP contribution >= 0.6 is 23.2 Å². The second kappa shape index (κ2) is 7.59. The Labute approximate surface area is 181 Å². The van der Waals surface area contributed by atoms with Crippen molar-refractivity contribution in [3.05, 3.63) is 69.3 Å². The molecule has 9 heteroatoms. The van der Waals surface area contributed by atoms with Gasteiger partial charge in [-0.3, -0.25) is 10.0 Å². The molecule has 4 rings (SSSR count). The van der Waals surface area contributed by atoms with Crippen molar-refractivity contribution in [3.8, 4) is 0 Å². The molecule has 2 N–H and O–H groups in total. The molecule has 2 heterocycles. The molecule has 0 spiro atoms. The second-order valence-corrected chi connectivity index (χ2v) is 8.00. The monoisotopic (exact) mass is 448 g/mol. The highest BCUT2D eigenvalue weighted by Gasteiger charge is 2.45. The van der Waals surface area contributed by atoms with E-state index in [1.54, 1.807) is 41.9 Å². The van der Waals surface area contributed by atoms with Gasteiger partial charge in [0.2, 0.25) is 0 Å². The number of fused-ring (bicyclic) bond motifs is 1. The smallest absolute Gasteiger partial charge is 0.335 e. The van der Waals surface area contributed by atoms with Gasteiger partial charge in [0.25, 0.3) is 5.91 Å². The molecule has 7 nitrogen and oxygen atoms in total. The van der Waals surface area contributed by atoms with E-state index in [1.165, 1.54) is 12.1 Å². The number of hydrogen-bond donors (Lipinski definition) is 2. The molecule has 1 aliphatic heterocycles. The van der Waals surface area contributed by atoms with Crippen LogP contribution in [-0.2, 0) is 17.3 Å². The molecule has 0 radical (unpaired) electrons. The number of carbonyl (C=O) groups is 2. The van der Waals surface area contributed by atoms with Gasteiger partial charge < -0.3 is 14.4 Å². The number of aryl methyl sites for hydroxylation is 1. The number of carboxylic acid groups (broad SMARTS) is 1. The largest absolute Gasteiger partial charge is 0.478 e. The number of aromatic carboxylic acids is 1. The fraction of sp³-hybridized carbons (Fsp3) is 0.238. The minimum absolute atomic E-state index is 0.0815. The quantitative estimate of drug-likeness (QED) is 0.457. The topological polar surface area (TPSA) is 92.0 Å². The predicted octanol–water partition coefficient (Wildman–Crippen LogP) is 4.33. The molecule has 1 atom stereocenters. The van der Waals surface area contributed by atoms with Crippen molar-refractivity contribution in [3.63, 3.8) is 0 Å². The molecule has 30 heavy (non-hydrogen) atoms. The van der Waals surface area contributed by atoms with Gasteiger partial charge in [-0.25, -0.2) is 9.86 Å². The number of hydrogen-bond acceptors (Lipinski definition) is 4. The molecule has 1 aromatic heterocycles. The fourth-order valence-corrected chi connectivity index (χ4v) is 4.23.